The van der Waals surface area contributed by atoms with Crippen molar-refractivity contribution >= 4 is 17.6 Å². The molecule has 1 aliphatic carbocycles. The minimum absolute atomic E-state index is 0.0955. The number of imidazole rings is 1. The highest BCUT2D eigenvalue weighted by atomic mass is 16.2. The van der Waals surface area contributed by atoms with Crippen molar-refractivity contribution in [1.82, 2.24) is 20.2 Å². The molecule has 0 spiro atoms. The first-order valence-electron chi connectivity index (χ1n) is 8.12. The average molecular weight is 327 g/mol. The first-order chi connectivity index (χ1) is 11.7. The van der Waals surface area contributed by atoms with Gasteiger partial charge in [-0.1, -0.05) is 6.07 Å². The summed E-state index contributed by atoms with van der Waals surface area (Å²) in [4.78, 5) is 27.9. The second kappa shape index (κ2) is 7.63. The number of rotatable bonds is 7. The van der Waals surface area contributed by atoms with E-state index in [1.165, 1.54) is 0 Å². The van der Waals surface area contributed by atoms with Gasteiger partial charge in [0.05, 0.1) is 6.33 Å². The van der Waals surface area contributed by atoms with Crippen molar-refractivity contribution in [3.05, 3.63) is 48.5 Å². The number of aryl methyl sites for hydroxylation is 1. The summed E-state index contributed by atoms with van der Waals surface area (Å²) < 4.78 is 1.96. The van der Waals surface area contributed by atoms with Gasteiger partial charge < -0.3 is 20.5 Å². The Labute approximate surface area is 140 Å². The van der Waals surface area contributed by atoms with Crippen LogP contribution < -0.4 is 16.0 Å². The zero-order valence-corrected chi connectivity index (χ0v) is 13.4. The van der Waals surface area contributed by atoms with Gasteiger partial charge in [-0.2, -0.15) is 0 Å². The molecule has 7 heteroatoms. The van der Waals surface area contributed by atoms with E-state index in [1.54, 1.807) is 36.8 Å². The third kappa shape index (κ3) is 4.84. The molecule has 1 aliphatic rings. The lowest BCUT2D eigenvalue weighted by Gasteiger charge is -2.09. The van der Waals surface area contributed by atoms with E-state index in [1.807, 2.05) is 10.8 Å². The number of urea groups is 1. The maximum Gasteiger partial charge on any atom is 0.319 e. The van der Waals surface area contributed by atoms with Crippen LogP contribution in [0.1, 0.15) is 29.6 Å². The Balaban J connectivity index is 1.42. The molecule has 1 aromatic carbocycles. The number of carbonyl (C=O) groups excluding carboxylic acids is 2. The van der Waals surface area contributed by atoms with Gasteiger partial charge in [0.2, 0.25) is 0 Å². The molecule has 1 saturated carbocycles. The van der Waals surface area contributed by atoms with Crippen molar-refractivity contribution in [2.45, 2.75) is 31.8 Å². The van der Waals surface area contributed by atoms with Crippen molar-refractivity contribution in [2.24, 2.45) is 0 Å². The predicted molar refractivity (Wildman–Crippen MR) is 90.8 cm³/mol. The fraction of sp³-hybridized carbons (Fsp3) is 0.353. The average Bonchev–Trinajstić information content (AvgIpc) is 3.23. The molecular weight excluding hydrogens is 306 g/mol. The summed E-state index contributed by atoms with van der Waals surface area (Å²) in [5, 5.41) is 8.48. The summed E-state index contributed by atoms with van der Waals surface area (Å²) in [7, 11) is 0. The first kappa shape index (κ1) is 16.0. The van der Waals surface area contributed by atoms with Gasteiger partial charge >= 0.3 is 6.03 Å². The number of amides is 3. The van der Waals surface area contributed by atoms with E-state index in [9.17, 15) is 9.59 Å². The SMILES string of the molecule is O=C(NCCCn1ccnc1)Nc1cccc(C(=O)NC2CC2)c1. The Bertz CT molecular complexity index is 695. The van der Waals surface area contributed by atoms with Gasteiger partial charge in [0, 0.05) is 42.8 Å². The number of aromatic nitrogens is 2. The summed E-state index contributed by atoms with van der Waals surface area (Å²) in [5.41, 5.74) is 1.16. The molecule has 1 heterocycles. The van der Waals surface area contributed by atoms with Crippen LogP contribution in [0.25, 0.3) is 0 Å². The Hall–Kier alpha value is -2.83. The van der Waals surface area contributed by atoms with Gasteiger partial charge in [-0.05, 0) is 37.5 Å². The molecule has 24 heavy (non-hydrogen) atoms. The van der Waals surface area contributed by atoms with Gasteiger partial charge in [0.15, 0.2) is 0 Å². The molecule has 0 unspecified atom stereocenters. The number of anilines is 1. The number of hydrogen-bond donors (Lipinski definition) is 3. The minimum Gasteiger partial charge on any atom is -0.349 e. The zero-order valence-electron chi connectivity index (χ0n) is 13.4. The lowest BCUT2D eigenvalue weighted by atomic mass is 10.2. The molecule has 0 radical (unpaired) electrons. The maximum atomic E-state index is 12.0. The van der Waals surface area contributed by atoms with Crippen molar-refractivity contribution < 1.29 is 9.59 Å². The van der Waals surface area contributed by atoms with Gasteiger partial charge in [-0.25, -0.2) is 9.78 Å². The third-order valence-electron chi connectivity index (χ3n) is 3.73. The lowest BCUT2D eigenvalue weighted by molar-refractivity contribution is 0.0951. The Morgan fingerprint density at radius 1 is 1.29 bits per heavy atom. The van der Waals surface area contributed by atoms with E-state index in [0.717, 1.165) is 25.8 Å². The number of nitrogens with one attached hydrogen (secondary N) is 3. The van der Waals surface area contributed by atoms with E-state index in [0.29, 0.717) is 23.8 Å². The van der Waals surface area contributed by atoms with Gasteiger partial charge in [-0.15, -0.1) is 0 Å². The quantitative estimate of drug-likeness (QED) is 0.680. The summed E-state index contributed by atoms with van der Waals surface area (Å²) in [6.07, 6.45) is 8.27. The normalized spacial score (nSPS) is 13.3. The number of hydrogen-bond acceptors (Lipinski definition) is 3. The molecule has 3 amide bonds. The molecule has 1 aromatic heterocycles. The summed E-state index contributed by atoms with van der Waals surface area (Å²) >= 11 is 0. The van der Waals surface area contributed by atoms with Crippen LogP contribution >= 0.6 is 0 Å². The molecule has 0 atom stereocenters. The molecule has 3 rings (SSSR count). The smallest absolute Gasteiger partial charge is 0.319 e. The lowest BCUT2D eigenvalue weighted by Crippen LogP contribution is -2.30. The number of nitrogens with zero attached hydrogens (tertiary/aromatic N) is 2. The third-order valence-corrected chi connectivity index (χ3v) is 3.73. The standard InChI is InChI=1S/C17H21N5O2/c23-16(20-14-5-6-14)13-3-1-4-15(11-13)21-17(24)19-7-2-9-22-10-8-18-12-22/h1,3-4,8,10-12,14H,2,5-7,9H2,(H,20,23)(H2,19,21,24). The molecular formula is C17H21N5O2. The maximum absolute atomic E-state index is 12.0. The molecule has 0 bridgehead atoms. The first-order valence-corrected chi connectivity index (χ1v) is 8.12. The Morgan fingerprint density at radius 2 is 2.17 bits per heavy atom. The van der Waals surface area contributed by atoms with Gasteiger partial charge in [0.1, 0.15) is 0 Å². The number of carbonyl (C=O) groups is 2. The minimum atomic E-state index is -0.277. The second-order valence-electron chi connectivity index (χ2n) is 5.86. The molecule has 3 N–H and O–H groups in total. The van der Waals surface area contributed by atoms with Crippen LogP contribution in [0.15, 0.2) is 43.0 Å². The Kier molecular flexibility index (Phi) is 5.10. The van der Waals surface area contributed by atoms with E-state index in [4.69, 9.17) is 0 Å². The van der Waals surface area contributed by atoms with Crippen molar-refractivity contribution in [2.75, 3.05) is 11.9 Å². The highest BCUT2D eigenvalue weighted by molar-refractivity contribution is 5.97. The van der Waals surface area contributed by atoms with Gasteiger partial charge in [-0.3, -0.25) is 4.79 Å². The highest BCUT2D eigenvalue weighted by Crippen LogP contribution is 2.20. The number of benzene rings is 1. The van der Waals surface area contributed by atoms with Crippen molar-refractivity contribution in [1.29, 1.82) is 0 Å². The molecule has 0 saturated heterocycles. The predicted octanol–water partition coefficient (Wildman–Crippen LogP) is 1.99. The van der Waals surface area contributed by atoms with E-state index < -0.39 is 0 Å². The summed E-state index contributed by atoms with van der Waals surface area (Å²) in [6.45, 7) is 1.36. The van der Waals surface area contributed by atoms with Crippen LogP contribution in [0, 0.1) is 0 Å². The molecule has 2 aromatic rings. The molecule has 1 fully saturated rings. The van der Waals surface area contributed by atoms with Gasteiger partial charge in [0.25, 0.3) is 5.91 Å². The van der Waals surface area contributed by atoms with Crippen LogP contribution in [0.5, 0.6) is 0 Å². The Morgan fingerprint density at radius 3 is 2.92 bits per heavy atom. The zero-order chi connectivity index (χ0) is 16.8. The monoisotopic (exact) mass is 327 g/mol. The summed E-state index contributed by atoms with van der Waals surface area (Å²) in [6, 6.07) is 6.98. The van der Waals surface area contributed by atoms with Crippen LogP contribution in [0.4, 0.5) is 10.5 Å². The fourth-order valence-electron chi connectivity index (χ4n) is 2.29. The fourth-order valence-corrected chi connectivity index (χ4v) is 2.29. The molecule has 126 valence electrons. The molecule has 7 nitrogen and oxygen atoms in total. The van der Waals surface area contributed by atoms with Crippen LogP contribution in [0.2, 0.25) is 0 Å². The topological polar surface area (TPSA) is 88.1 Å². The van der Waals surface area contributed by atoms with Crippen LogP contribution in [-0.2, 0) is 6.54 Å². The summed E-state index contributed by atoms with van der Waals surface area (Å²) in [5.74, 6) is -0.0955. The highest BCUT2D eigenvalue weighted by Gasteiger charge is 2.23. The largest absolute Gasteiger partial charge is 0.349 e. The van der Waals surface area contributed by atoms with Crippen LogP contribution in [-0.4, -0.2) is 34.1 Å². The van der Waals surface area contributed by atoms with E-state index in [2.05, 4.69) is 20.9 Å². The van der Waals surface area contributed by atoms with E-state index in [-0.39, 0.29) is 11.9 Å². The second-order valence-corrected chi connectivity index (χ2v) is 5.86. The van der Waals surface area contributed by atoms with E-state index >= 15 is 0 Å². The van der Waals surface area contributed by atoms with Crippen molar-refractivity contribution in [3.63, 3.8) is 0 Å². The van der Waals surface area contributed by atoms with Crippen LogP contribution in [0.3, 0.4) is 0 Å². The molecule has 0 aliphatic heterocycles. The van der Waals surface area contributed by atoms with Crippen molar-refractivity contribution in [3.8, 4) is 0 Å².